The molecule has 0 saturated heterocycles. The first-order chi connectivity index (χ1) is 14.4. The lowest BCUT2D eigenvalue weighted by Gasteiger charge is -2.29. The van der Waals surface area contributed by atoms with Crippen LogP contribution < -0.4 is 4.74 Å². The summed E-state index contributed by atoms with van der Waals surface area (Å²) in [5.41, 5.74) is 3.34. The van der Waals surface area contributed by atoms with E-state index in [4.69, 9.17) is 0 Å². The minimum Gasteiger partial charge on any atom is -0.406 e. The van der Waals surface area contributed by atoms with E-state index >= 15 is 0 Å². The number of hydrogen-bond acceptors (Lipinski definition) is 1. The highest BCUT2D eigenvalue weighted by Gasteiger charge is 2.30. The quantitative estimate of drug-likeness (QED) is 0.309. The first kappa shape index (κ1) is 22.5. The highest BCUT2D eigenvalue weighted by atomic mass is 19.4. The Morgan fingerprint density at radius 3 is 1.93 bits per heavy atom. The number of benzene rings is 2. The van der Waals surface area contributed by atoms with E-state index in [1.807, 2.05) is 12.2 Å². The van der Waals surface area contributed by atoms with Crippen molar-refractivity contribution in [3.8, 4) is 5.75 Å². The van der Waals surface area contributed by atoms with Gasteiger partial charge in [-0.3, -0.25) is 0 Å². The maximum atomic E-state index is 12.2. The van der Waals surface area contributed by atoms with Gasteiger partial charge in [0.1, 0.15) is 5.75 Å². The lowest BCUT2D eigenvalue weighted by molar-refractivity contribution is -0.274. The molecule has 0 bridgehead atoms. The Morgan fingerprint density at radius 1 is 0.833 bits per heavy atom. The van der Waals surface area contributed by atoms with Crippen LogP contribution >= 0.6 is 0 Å². The molecule has 1 aliphatic carbocycles. The molecule has 162 valence electrons. The molecular weight excluding hydrogens is 385 g/mol. The number of unbranched alkanes of at least 4 members (excludes halogenated alkanes) is 2. The summed E-state index contributed by atoms with van der Waals surface area (Å²) in [5, 5.41) is 0. The first-order valence-corrected chi connectivity index (χ1v) is 11.1. The zero-order valence-electron chi connectivity index (χ0n) is 17.6. The van der Waals surface area contributed by atoms with Gasteiger partial charge in [-0.2, -0.15) is 0 Å². The van der Waals surface area contributed by atoms with E-state index in [1.54, 1.807) is 12.1 Å². The Hall–Kier alpha value is -2.23. The predicted octanol–water partition coefficient (Wildman–Crippen LogP) is 8.61. The summed E-state index contributed by atoms with van der Waals surface area (Å²) in [4.78, 5) is 0. The SMILES string of the molecule is CCCCCC1CCC(c2ccc(/C=C/c3ccc(OC(F)(F)F)cc3)cc2)CC1. The van der Waals surface area contributed by atoms with Crippen molar-refractivity contribution in [3.05, 3.63) is 65.2 Å². The predicted molar refractivity (Wildman–Crippen MR) is 117 cm³/mol. The normalized spacial score (nSPS) is 19.9. The van der Waals surface area contributed by atoms with Gasteiger partial charge in [0.15, 0.2) is 0 Å². The summed E-state index contributed by atoms with van der Waals surface area (Å²) in [6.07, 6.45) is 9.94. The van der Waals surface area contributed by atoms with Gasteiger partial charge in [-0.05, 0) is 66.3 Å². The van der Waals surface area contributed by atoms with Crippen LogP contribution in [0.3, 0.4) is 0 Å². The van der Waals surface area contributed by atoms with E-state index in [0.29, 0.717) is 5.92 Å². The van der Waals surface area contributed by atoms with Gasteiger partial charge in [0, 0.05) is 0 Å². The second-order valence-corrected chi connectivity index (χ2v) is 8.33. The number of hydrogen-bond donors (Lipinski definition) is 0. The fourth-order valence-electron chi connectivity index (χ4n) is 4.32. The van der Waals surface area contributed by atoms with E-state index in [-0.39, 0.29) is 5.75 Å². The van der Waals surface area contributed by atoms with Crippen molar-refractivity contribution in [2.75, 3.05) is 0 Å². The van der Waals surface area contributed by atoms with Crippen molar-refractivity contribution in [1.29, 1.82) is 0 Å². The molecule has 0 aliphatic heterocycles. The standard InChI is InChI=1S/C26H31F3O/c1-2-3-4-5-20-8-14-23(15-9-20)24-16-10-21(11-17-24)6-7-22-12-18-25(19-13-22)30-26(27,28)29/h6-7,10-13,16-20,23H,2-5,8-9,14-15H2,1H3/b7-6+. The minimum atomic E-state index is -4.66. The van der Waals surface area contributed by atoms with Gasteiger partial charge < -0.3 is 4.74 Å². The molecule has 2 aromatic carbocycles. The average molecular weight is 417 g/mol. The van der Waals surface area contributed by atoms with Crippen molar-refractivity contribution in [2.45, 2.75) is 70.6 Å². The molecule has 0 N–H and O–H groups in total. The third-order valence-corrected chi connectivity index (χ3v) is 6.05. The van der Waals surface area contributed by atoms with Crippen LogP contribution in [0.25, 0.3) is 12.2 Å². The summed E-state index contributed by atoms with van der Waals surface area (Å²) < 4.78 is 40.6. The molecule has 30 heavy (non-hydrogen) atoms. The van der Waals surface area contributed by atoms with Crippen LogP contribution in [0.1, 0.15) is 80.9 Å². The fourth-order valence-corrected chi connectivity index (χ4v) is 4.32. The van der Waals surface area contributed by atoms with Gasteiger partial charge in [0.2, 0.25) is 0 Å². The van der Waals surface area contributed by atoms with E-state index in [1.165, 1.54) is 69.1 Å². The minimum absolute atomic E-state index is 0.205. The van der Waals surface area contributed by atoms with Crippen molar-refractivity contribution >= 4 is 12.2 Å². The molecule has 0 spiro atoms. The molecular formula is C26H31F3O. The number of alkyl halides is 3. The van der Waals surface area contributed by atoms with Crippen LogP contribution in [-0.2, 0) is 0 Å². The Morgan fingerprint density at radius 2 is 1.40 bits per heavy atom. The smallest absolute Gasteiger partial charge is 0.406 e. The molecule has 0 radical (unpaired) electrons. The molecule has 2 aromatic rings. The molecule has 1 aliphatic rings. The Bertz CT molecular complexity index is 783. The van der Waals surface area contributed by atoms with Gasteiger partial charge in [-0.25, -0.2) is 0 Å². The van der Waals surface area contributed by atoms with Crippen LogP contribution in [0, 0.1) is 5.92 Å². The van der Waals surface area contributed by atoms with Crippen molar-refractivity contribution in [2.24, 2.45) is 5.92 Å². The van der Waals surface area contributed by atoms with Gasteiger partial charge >= 0.3 is 6.36 Å². The molecule has 3 rings (SSSR count). The van der Waals surface area contributed by atoms with Gasteiger partial charge in [0.05, 0.1) is 0 Å². The van der Waals surface area contributed by atoms with Crippen LogP contribution in [0.5, 0.6) is 5.75 Å². The second-order valence-electron chi connectivity index (χ2n) is 8.33. The Kier molecular flexibility index (Phi) is 8.01. The molecule has 0 heterocycles. The lowest BCUT2D eigenvalue weighted by Crippen LogP contribution is -2.16. The van der Waals surface area contributed by atoms with Gasteiger partial charge in [0.25, 0.3) is 0 Å². The highest BCUT2D eigenvalue weighted by Crippen LogP contribution is 2.37. The number of rotatable bonds is 8. The summed E-state index contributed by atoms with van der Waals surface area (Å²) in [5.74, 6) is 1.39. The molecule has 1 saturated carbocycles. The van der Waals surface area contributed by atoms with Crippen LogP contribution in [0.2, 0.25) is 0 Å². The molecule has 0 aromatic heterocycles. The zero-order chi connectivity index (χ0) is 21.4. The van der Waals surface area contributed by atoms with Crippen molar-refractivity contribution in [1.82, 2.24) is 0 Å². The highest BCUT2D eigenvalue weighted by molar-refractivity contribution is 5.69. The number of halogens is 3. The van der Waals surface area contributed by atoms with E-state index in [2.05, 4.69) is 35.9 Å². The summed E-state index contributed by atoms with van der Waals surface area (Å²) in [7, 11) is 0. The molecule has 4 heteroatoms. The lowest BCUT2D eigenvalue weighted by atomic mass is 9.77. The van der Waals surface area contributed by atoms with E-state index in [0.717, 1.165) is 17.0 Å². The maximum Gasteiger partial charge on any atom is 0.573 e. The summed E-state index contributed by atoms with van der Waals surface area (Å²) in [6, 6.07) is 14.6. The van der Waals surface area contributed by atoms with Crippen LogP contribution in [0.4, 0.5) is 13.2 Å². The van der Waals surface area contributed by atoms with E-state index < -0.39 is 6.36 Å². The number of ether oxygens (including phenoxy) is 1. The van der Waals surface area contributed by atoms with E-state index in [9.17, 15) is 13.2 Å². The largest absolute Gasteiger partial charge is 0.573 e. The first-order valence-electron chi connectivity index (χ1n) is 11.1. The zero-order valence-corrected chi connectivity index (χ0v) is 17.6. The topological polar surface area (TPSA) is 9.23 Å². The Labute approximate surface area is 178 Å². The van der Waals surface area contributed by atoms with Crippen LogP contribution in [0.15, 0.2) is 48.5 Å². The summed E-state index contributed by atoms with van der Waals surface area (Å²) in [6.45, 7) is 2.26. The van der Waals surface area contributed by atoms with Crippen LogP contribution in [-0.4, -0.2) is 6.36 Å². The molecule has 1 fully saturated rings. The molecule has 0 atom stereocenters. The molecule has 1 nitrogen and oxygen atoms in total. The van der Waals surface area contributed by atoms with Crippen molar-refractivity contribution < 1.29 is 17.9 Å². The van der Waals surface area contributed by atoms with Crippen molar-refractivity contribution in [3.63, 3.8) is 0 Å². The third-order valence-electron chi connectivity index (χ3n) is 6.05. The summed E-state index contributed by atoms with van der Waals surface area (Å²) >= 11 is 0. The van der Waals surface area contributed by atoms with Gasteiger partial charge in [-0.1, -0.05) is 81.2 Å². The Balaban J connectivity index is 1.50. The molecule has 0 unspecified atom stereocenters. The van der Waals surface area contributed by atoms with Gasteiger partial charge in [-0.15, -0.1) is 13.2 Å². The monoisotopic (exact) mass is 416 g/mol. The average Bonchev–Trinajstić information content (AvgIpc) is 2.73. The fraction of sp³-hybridized carbons (Fsp3) is 0.462. The third kappa shape index (κ3) is 7.23. The maximum absolute atomic E-state index is 12.2. The molecule has 0 amide bonds. The second kappa shape index (κ2) is 10.7.